The summed E-state index contributed by atoms with van der Waals surface area (Å²) in [6.07, 6.45) is 1.13. The van der Waals surface area contributed by atoms with E-state index in [0.717, 1.165) is 6.42 Å². The highest BCUT2D eigenvalue weighted by Gasteiger charge is 2.04. The van der Waals surface area contributed by atoms with Crippen LogP contribution in [0.2, 0.25) is 0 Å². The van der Waals surface area contributed by atoms with Gasteiger partial charge in [-0.1, -0.05) is 0 Å². The van der Waals surface area contributed by atoms with Crippen LogP contribution < -0.4 is 0 Å². The summed E-state index contributed by atoms with van der Waals surface area (Å²) in [5.74, 6) is 1.40. The largest absolute Gasteiger partial charge is 0.0987 e. The van der Waals surface area contributed by atoms with Crippen LogP contribution >= 0.6 is 0 Å². The van der Waals surface area contributed by atoms with Crippen molar-refractivity contribution in [1.82, 2.24) is 0 Å². The molecule has 0 amide bonds. The highest BCUT2D eigenvalue weighted by atomic mass is 14.0. The molecule has 0 spiro atoms. The van der Waals surface area contributed by atoms with Gasteiger partial charge in [-0.3, -0.25) is 0 Å². The Morgan fingerprint density at radius 2 is 2.14 bits per heavy atom. The molecule has 0 aliphatic rings. The number of hydrogen-bond acceptors (Lipinski definition) is 0. The van der Waals surface area contributed by atoms with Crippen LogP contribution in [0.4, 0.5) is 0 Å². The van der Waals surface area contributed by atoms with Gasteiger partial charge in [0.1, 0.15) is 0 Å². The van der Waals surface area contributed by atoms with Crippen molar-refractivity contribution in [2.75, 3.05) is 0 Å². The van der Waals surface area contributed by atoms with Crippen LogP contribution in [0.15, 0.2) is 12.2 Å². The van der Waals surface area contributed by atoms with E-state index in [1.165, 1.54) is 11.5 Å². The van der Waals surface area contributed by atoms with Crippen molar-refractivity contribution in [3.8, 4) is 0 Å². The van der Waals surface area contributed by atoms with Crippen LogP contribution in [-0.4, -0.2) is 0 Å². The Kier molecular flexibility index (Phi) is 2.58. The standard InChI is InChI=1S/C7H13/c1-5-7(4)6(2)3/h2,5H2,1,3-4H3/q+1. The number of allylic oxidation sites excluding steroid dienone is 1. The Bertz CT molecular complexity index is 62.4. The van der Waals surface area contributed by atoms with Gasteiger partial charge in [0.25, 0.3) is 0 Å². The molecule has 0 aromatic carbocycles. The average Bonchev–Trinajstić information content (AvgIpc) is 1.65. The van der Waals surface area contributed by atoms with E-state index in [1.807, 2.05) is 6.92 Å². The first-order valence-electron chi connectivity index (χ1n) is 2.66. The second-order valence-electron chi connectivity index (χ2n) is 1.91. The minimum Gasteiger partial charge on any atom is -0.0437 e. The van der Waals surface area contributed by atoms with Crippen LogP contribution in [0.1, 0.15) is 27.2 Å². The first-order chi connectivity index (χ1) is 3.18. The quantitative estimate of drug-likeness (QED) is 0.464. The van der Waals surface area contributed by atoms with Crippen molar-refractivity contribution in [2.45, 2.75) is 27.2 Å². The van der Waals surface area contributed by atoms with Crippen molar-refractivity contribution in [3.63, 3.8) is 0 Å². The fourth-order valence-electron chi connectivity index (χ4n) is 0.302. The molecule has 0 rings (SSSR count). The summed E-state index contributed by atoms with van der Waals surface area (Å²) in [6.45, 7) is 10.1. The monoisotopic (exact) mass is 97.1 g/mol. The molecule has 0 aliphatic carbocycles. The van der Waals surface area contributed by atoms with Gasteiger partial charge in [0.15, 0.2) is 0 Å². The normalized spacial score (nSPS) is 8.43. The highest BCUT2D eigenvalue weighted by Crippen LogP contribution is 2.12. The van der Waals surface area contributed by atoms with Gasteiger partial charge >= 0.3 is 0 Å². The lowest BCUT2D eigenvalue weighted by Gasteiger charge is -1.94. The summed E-state index contributed by atoms with van der Waals surface area (Å²) >= 11 is 0. The molecule has 0 nitrogen and oxygen atoms in total. The van der Waals surface area contributed by atoms with Gasteiger partial charge in [0, 0.05) is 19.9 Å². The lowest BCUT2D eigenvalue weighted by atomic mass is 10.0. The molecule has 0 heteroatoms. The molecule has 0 unspecified atom stereocenters. The molecule has 0 aromatic heterocycles. The van der Waals surface area contributed by atoms with E-state index in [9.17, 15) is 0 Å². The Labute approximate surface area is 46.2 Å². The van der Waals surface area contributed by atoms with E-state index in [0.29, 0.717) is 0 Å². The molecule has 0 aliphatic heterocycles. The first kappa shape index (κ1) is 6.61. The van der Waals surface area contributed by atoms with E-state index < -0.39 is 0 Å². The van der Waals surface area contributed by atoms with Crippen molar-refractivity contribution < 1.29 is 0 Å². The van der Waals surface area contributed by atoms with Gasteiger partial charge in [-0.05, 0) is 13.8 Å². The number of hydrogen-bond donors (Lipinski definition) is 0. The van der Waals surface area contributed by atoms with Gasteiger partial charge in [0.2, 0.25) is 0 Å². The summed E-state index contributed by atoms with van der Waals surface area (Å²) in [6, 6.07) is 0. The van der Waals surface area contributed by atoms with Crippen LogP contribution in [0.5, 0.6) is 0 Å². The maximum absolute atomic E-state index is 3.79. The average molecular weight is 97.2 g/mol. The fraction of sp³-hybridized carbons (Fsp3) is 0.571. The van der Waals surface area contributed by atoms with E-state index >= 15 is 0 Å². The molecular formula is C7H13+. The molecule has 0 atom stereocenters. The van der Waals surface area contributed by atoms with Gasteiger partial charge in [-0.25, -0.2) is 0 Å². The Morgan fingerprint density at radius 3 is 2.14 bits per heavy atom. The van der Waals surface area contributed by atoms with Gasteiger partial charge < -0.3 is 0 Å². The molecule has 0 heterocycles. The maximum Gasteiger partial charge on any atom is 0.0987 e. The molecule has 0 saturated heterocycles. The topological polar surface area (TPSA) is 0 Å². The van der Waals surface area contributed by atoms with Crippen LogP contribution in [-0.2, 0) is 0 Å². The Morgan fingerprint density at radius 1 is 1.71 bits per heavy atom. The number of rotatable bonds is 2. The zero-order valence-electron chi connectivity index (χ0n) is 5.41. The zero-order valence-corrected chi connectivity index (χ0v) is 5.41. The molecular weight excluding hydrogens is 84.1 g/mol. The van der Waals surface area contributed by atoms with Crippen molar-refractivity contribution in [3.05, 3.63) is 18.1 Å². The van der Waals surface area contributed by atoms with Crippen molar-refractivity contribution in [1.29, 1.82) is 0 Å². The molecule has 0 aromatic rings. The lowest BCUT2D eigenvalue weighted by molar-refractivity contribution is 0.942. The first-order valence-corrected chi connectivity index (χ1v) is 2.66. The summed E-state index contributed by atoms with van der Waals surface area (Å²) < 4.78 is 0. The molecule has 0 N–H and O–H groups in total. The van der Waals surface area contributed by atoms with E-state index in [4.69, 9.17) is 0 Å². The van der Waals surface area contributed by atoms with Crippen LogP contribution in [0.3, 0.4) is 0 Å². The van der Waals surface area contributed by atoms with E-state index in [-0.39, 0.29) is 0 Å². The third-order valence-corrected chi connectivity index (χ3v) is 1.26. The van der Waals surface area contributed by atoms with E-state index in [1.54, 1.807) is 0 Å². The SMILES string of the molecule is C=C(C)[C+](C)CC. The molecule has 40 valence electrons. The molecule has 0 fully saturated rings. The summed E-state index contributed by atoms with van der Waals surface area (Å²) in [7, 11) is 0. The summed E-state index contributed by atoms with van der Waals surface area (Å²) in [4.78, 5) is 0. The third-order valence-electron chi connectivity index (χ3n) is 1.26. The van der Waals surface area contributed by atoms with Gasteiger partial charge in [0.05, 0.1) is 11.5 Å². The highest BCUT2D eigenvalue weighted by molar-refractivity contribution is 5.14. The van der Waals surface area contributed by atoms with Crippen molar-refractivity contribution in [2.24, 2.45) is 0 Å². The minimum absolute atomic E-state index is 1.13. The van der Waals surface area contributed by atoms with Crippen LogP contribution in [0, 0.1) is 5.92 Å². The van der Waals surface area contributed by atoms with E-state index in [2.05, 4.69) is 20.4 Å². The molecule has 0 saturated carbocycles. The summed E-state index contributed by atoms with van der Waals surface area (Å²) in [5, 5.41) is 0. The molecule has 7 heavy (non-hydrogen) atoms. The Hall–Kier alpha value is -0.390. The predicted molar refractivity (Wildman–Crippen MR) is 34.0 cm³/mol. The second-order valence-corrected chi connectivity index (χ2v) is 1.91. The lowest BCUT2D eigenvalue weighted by Crippen LogP contribution is -1.86. The summed E-state index contributed by atoms with van der Waals surface area (Å²) in [5.41, 5.74) is 1.21. The zero-order chi connectivity index (χ0) is 5.86. The predicted octanol–water partition coefficient (Wildman–Crippen LogP) is 2.57. The Balaban J connectivity index is 3.34. The second kappa shape index (κ2) is 2.73. The fourth-order valence-corrected chi connectivity index (χ4v) is 0.302. The molecule has 0 radical (unpaired) electrons. The van der Waals surface area contributed by atoms with Crippen LogP contribution in [0.25, 0.3) is 0 Å². The smallest absolute Gasteiger partial charge is 0.0437 e. The maximum atomic E-state index is 3.79. The van der Waals surface area contributed by atoms with Crippen molar-refractivity contribution >= 4 is 0 Å². The minimum atomic E-state index is 1.13. The van der Waals surface area contributed by atoms with Gasteiger partial charge in [-0.15, -0.1) is 0 Å². The molecule has 0 bridgehead atoms. The third kappa shape index (κ3) is 2.32. The van der Waals surface area contributed by atoms with Gasteiger partial charge in [-0.2, -0.15) is 0 Å².